The van der Waals surface area contributed by atoms with E-state index in [9.17, 15) is 9.59 Å². The maximum atomic E-state index is 12.6. The first-order valence-electron chi connectivity index (χ1n) is 9.95. The molecule has 0 bridgehead atoms. The zero-order valence-corrected chi connectivity index (χ0v) is 15.7. The van der Waals surface area contributed by atoms with E-state index in [0.717, 1.165) is 49.7 Å². The first-order chi connectivity index (χ1) is 13.1. The molecule has 2 aromatic heterocycles. The van der Waals surface area contributed by atoms with Gasteiger partial charge >= 0.3 is 11.1 Å². The van der Waals surface area contributed by atoms with Crippen molar-refractivity contribution in [1.82, 2.24) is 24.2 Å². The molecule has 4 heterocycles. The van der Waals surface area contributed by atoms with E-state index in [1.165, 1.54) is 11.1 Å². The standard InChI is InChI=1S/C20H25N5O2/c1-13-4-2-7-16(21-13)11-23-9-15-10-24-18(17(15)12-23)22-25(20(27)19(24)26)8-14-5-3-6-14/h2,4,7,14-15,17H,3,5-6,8-12H2,1H3/t15-,17-/m0/s1. The van der Waals surface area contributed by atoms with E-state index in [1.807, 2.05) is 19.1 Å². The Kier molecular flexibility index (Phi) is 4.00. The summed E-state index contributed by atoms with van der Waals surface area (Å²) in [4.78, 5) is 32.0. The van der Waals surface area contributed by atoms with Gasteiger partial charge in [0.25, 0.3) is 0 Å². The number of hydrogen-bond acceptors (Lipinski definition) is 5. The Morgan fingerprint density at radius 3 is 2.70 bits per heavy atom. The molecular formula is C20H25N5O2. The summed E-state index contributed by atoms with van der Waals surface area (Å²) in [6.45, 7) is 5.82. The highest BCUT2D eigenvalue weighted by Gasteiger charge is 2.42. The van der Waals surface area contributed by atoms with Crippen LogP contribution in [-0.2, 0) is 19.6 Å². The molecule has 2 aromatic rings. The fourth-order valence-corrected chi connectivity index (χ4v) is 4.77. The lowest BCUT2D eigenvalue weighted by Gasteiger charge is -2.25. The molecule has 7 heteroatoms. The van der Waals surface area contributed by atoms with Crippen molar-refractivity contribution >= 4 is 0 Å². The molecule has 1 aliphatic carbocycles. The third-order valence-electron chi connectivity index (χ3n) is 6.42. The van der Waals surface area contributed by atoms with E-state index in [-0.39, 0.29) is 11.5 Å². The molecule has 142 valence electrons. The average molecular weight is 367 g/mol. The summed E-state index contributed by atoms with van der Waals surface area (Å²) in [5.41, 5.74) is 1.27. The van der Waals surface area contributed by atoms with E-state index in [2.05, 4.69) is 21.0 Å². The van der Waals surface area contributed by atoms with Gasteiger partial charge < -0.3 is 0 Å². The Morgan fingerprint density at radius 1 is 1.11 bits per heavy atom. The van der Waals surface area contributed by atoms with Gasteiger partial charge in [0.2, 0.25) is 0 Å². The number of rotatable bonds is 4. The Morgan fingerprint density at radius 2 is 1.96 bits per heavy atom. The summed E-state index contributed by atoms with van der Waals surface area (Å²) < 4.78 is 3.09. The molecule has 2 fully saturated rings. The molecule has 2 aliphatic heterocycles. The van der Waals surface area contributed by atoms with Crippen LogP contribution in [0.15, 0.2) is 27.8 Å². The Balaban J connectivity index is 1.38. The van der Waals surface area contributed by atoms with Crippen LogP contribution in [-0.4, -0.2) is 37.3 Å². The van der Waals surface area contributed by atoms with Crippen molar-refractivity contribution in [3.05, 3.63) is 56.1 Å². The molecule has 1 saturated carbocycles. The third-order valence-corrected chi connectivity index (χ3v) is 6.42. The lowest BCUT2D eigenvalue weighted by atomic mass is 9.85. The van der Waals surface area contributed by atoms with Crippen LogP contribution in [0.4, 0.5) is 0 Å². The summed E-state index contributed by atoms with van der Waals surface area (Å²) in [5.74, 6) is 1.90. The Hall–Kier alpha value is -2.28. The van der Waals surface area contributed by atoms with Gasteiger partial charge in [0.1, 0.15) is 5.82 Å². The molecule has 3 aliphatic rings. The molecule has 0 aromatic carbocycles. The van der Waals surface area contributed by atoms with Crippen molar-refractivity contribution in [1.29, 1.82) is 0 Å². The second kappa shape index (κ2) is 6.41. The lowest BCUT2D eigenvalue weighted by molar-refractivity contribution is 0.256. The molecule has 2 atom stereocenters. The van der Waals surface area contributed by atoms with Gasteiger partial charge in [0.05, 0.1) is 5.69 Å². The maximum absolute atomic E-state index is 12.6. The Labute approximate surface area is 157 Å². The van der Waals surface area contributed by atoms with Crippen LogP contribution < -0.4 is 11.1 Å². The van der Waals surface area contributed by atoms with Crippen molar-refractivity contribution in [2.45, 2.75) is 51.7 Å². The second-order valence-electron chi connectivity index (χ2n) is 8.39. The van der Waals surface area contributed by atoms with Crippen LogP contribution in [0.1, 0.15) is 42.4 Å². The number of aromatic nitrogens is 4. The minimum absolute atomic E-state index is 0.232. The lowest BCUT2D eigenvalue weighted by Crippen LogP contribution is -2.45. The summed E-state index contributed by atoms with van der Waals surface area (Å²) >= 11 is 0. The molecule has 0 amide bonds. The van der Waals surface area contributed by atoms with Gasteiger partial charge in [-0.3, -0.25) is 24.0 Å². The van der Waals surface area contributed by atoms with Crippen LogP contribution in [0, 0.1) is 18.8 Å². The monoisotopic (exact) mass is 367 g/mol. The molecular weight excluding hydrogens is 342 g/mol. The predicted octanol–water partition coefficient (Wildman–Crippen LogP) is 1.14. The highest BCUT2D eigenvalue weighted by atomic mass is 16.2. The summed E-state index contributed by atoms with van der Waals surface area (Å²) in [6, 6.07) is 6.12. The number of nitrogens with zero attached hydrogens (tertiary/aromatic N) is 5. The van der Waals surface area contributed by atoms with Gasteiger partial charge in [-0.2, -0.15) is 5.10 Å². The van der Waals surface area contributed by atoms with Gasteiger partial charge in [0, 0.05) is 50.3 Å². The highest BCUT2D eigenvalue weighted by molar-refractivity contribution is 5.14. The quantitative estimate of drug-likeness (QED) is 0.758. The van der Waals surface area contributed by atoms with Gasteiger partial charge in [-0.1, -0.05) is 12.5 Å². The number of fused-ring (bicyclic) bond motifs is 3. The summed E-state index contributed by atoms with van der Waals surface area (Å²) in [5, 5.41) is 4.66. The number of aryl methyl sites for hydroxylation is 1. The van der Waals surface area contributed by atoms with Crippen LogP contribution in [0.3, 0.4) is 0 Å². The van der Waals surface area contributed by atoms with Crippen molar-refractivity contribution < 1.29 is 0 Å². The zero-order chi connectivity index (χ0) is 18.5. The van der Waals surface area contributed by atoms with E-state index in [1.54, 1.807) is 4.57 Å². The van der Waals surface area contributed by atoms with Crippen LogP contribution in [0.25, 0.3) is 0 Å². The average Bonchev–Trinajstić information content (AvgIpc) is 3.13. The molecule has 0 unspecified atom stereocenters. The molecule has 1 saturated heterocycles. The predicted molar refractivity (Wildman–Crippen MR) is 101 cm³/mol. The molecule has 0 radical (unpaired) electrons. The minimum atomic E-state index is -0.452. The summed E-state index contributed by atoms with van der Waals surface area (Å²) in [7, 11) is 0. The number of pyridine rings is 1. The molecule has 27 heavy (non-hydrogen) atoms. The zero-order valence-electron chi connectivity index (χ0n) is 15.7. The minimum Gasteiger partial charge on any atom is -0.296 e. The van der Waals surface area contributed by atoms with Gasteiger partial charge in [-0.05, 0) is 37.8 Å². The van der Waals surface area contributed by atoms with Gasteiger partial charge in [0.15, 0.2) is 0 Å². The summed E-state index contributed by atoms with van der Waals surface area (Å²) in [6.07, 6.45) is 3.49. The number of hydrogen-bond donors (Lipinski definition) is 0. The van der Waals surface area contributed by atoms with Crippen LogP contribution in [0.5, 0.6) is 0 Å². The third kappa shape index (κ3) is 2.94. The van der Waals surface area contributed by atoms with Crippen LogP contribution >= 0.6 is 0 Å². The van der Waals surface area contributed by atoms with Crippen molar-refractivity contribution in [3.8, 4) is 0 Å². The molecule has 7 nitrogen and oxygen atoms in total. The van der Waals surface area contributed by atoms with Gasteiger partial charge in [-0.15, -0.1) is 0 Å². The second-order valence-corrected chi connectivity index (χ2v) is 8.39. The Bertz CT molecular complexity index is 991. The molecule has 5 rings (SSSR count). The molecule has 0 spiro atoms. The highest BCUT2D eigenvalue weighted by Crippen LogP contribution is 2.37. The fourth-order valence-electron chi connectivity index (χ4n) is 4.77. The van der Waals surface area contributed by atoms with Crippen molar-refractivity contribution in [2.75, 3.05) is 13.1 Å². The fraction of sp³-hybridized carbons (Fsp3) is 0.600. The largest absolute Gasteiger partial charge is 0.332 e. The first-order valence-corrected chi connectivity index (χ1v) is 9.95. The van der Waals surface area contributed by atoms with Crippen molar-refractivity contribution in [2.24, 2.45) is 11.8 Å². The smallest absolute Gasteiger partial charge is 0.296 e. The normalized spacial score (nSPS) is 24.6. The first kappa shape index (κ1) is 16.9. The topological polar surface area (TPSA) is 73.0 Å². The van der Waals surface area contributed by atoms with E-state index in [4.69, 9.17) is 0 Å². The van der Waals surface area contributed by atoms with Crippen LogP contribution in [0.2, 0.25) is 0 Å². The number of likely N-dealkylation sites (tertiary alicyclic amines) is 1. The van der Waals surface area contributed by atoms with Crippen molar-refractivity contribution in [3.63, 3.8) is 0 Å². The van der Waals surface area contributed by atoms with E-state index in [0.29, 0.717) is 24.9 Å². The van der Waals surface area contributed by atoms with E-state index < -0.39 is 5.56 Å². The van der Waals surface area contributed by atoms with Gasteiger partial charge in [-0.25, -0.2) is 4.68 Å². The SMILES string of the molecule is Cc1cccc(CN2C[C@H]3Cn4c(nn(CC5CCC5)c(=O)c4=O)[C@H]3C2)n1. The maximum Gasteiger partial charge on any atom is 0.332 e. The molecule has 0 N–H and O–H groups in total. The van der Waals surface area contributed by atoms with E-state index >= 15 is 0 Å².